The van der Waals surface area contributed by atoms with Crippen molar-refractivity contribution in [1.29, 1.82) is 0 Å². The average Bonchev–Trinajstić information content (AvgIpc) is 3.80. The summed E-state index contributed by atoms with van der Waals surface area (Å²) in [7, 11) is 0. The van der Waals surface area contributed by atoms with Gasteiger partial charge >= 0.3 is 23.9 Å². The molecule has 0 radical (unpaired) electrons. The van der Waals surface area contributed by atoms with E-state index in [-0.39, 0.29) is 30.9 Å². The highest BCUT2D eigenvalue weighted by atomic mass is 79.9. The van der Waals surface area contributed by atoms with Gasteiger partial charge in [-0.05, 0) is 96.8 Å². The van der Waals surface area contributed by atoms with Crippen LogP contribution in [0.1, 0.15) is 44.7 Å². The lowest BCUT2D eigenvalue weighted by molar-refractivity contribution is -0.140. The molecule has 298 valence electrons. The molecular formula is C40H41BrO15. The highest BCUT2D eigenvalue weighted by molar-refractivity contribution is 9.09. The van der Waals surface area contributed by atoms with E-state index in [0.717, 1.165) is 30.6 Å². The van der Waals surface area contributed by atoms with Crippen molar-refractivity contribution in [2.24, 2.45) is 0 Å². The number of hydrogen-bond acceptors (Lipinski definition) is 11. The van der Waals surface area contributed by atoms with E-state index in [0.29, 0.717) is 34.7 Å². The largest absolute Gasteiger partial charge is 0.508 e. The van der Waals surface area contributed by atoms with Crippen molar-refractivity contribution < 1.29 is 73.2 Å². The highest BCUT2D eigenvalue weighted by Crippen LogP contribution is 2.17. The van der Waals surface area contributed by atoms with Crippen LogP contribution < -0.4 is 14.2 Å². The number of alkyl halides is 1. The van der Waals surface area contributed by atoms with E-state index < -0.39 is 23.9 Å². The van der Waals surface area contributed by atoms with Gasteiger partial charge in [-0.15, -0.1) is 0 Å². The normalized spacial score (nSPS) is 10.9. The number of aldehydes is 2. The smallest absolute Gasteiger partial charge is 0.341 e. The second-order valence-corrected chi connectivity index (χ2v) is 11.3. The number of ether oxygens (including phenoxy) is 4. The summed E-state index contributed by atoms with van der Waals surface area (Å²) in [5.41, 5.74) is 2.98. The Kier molecular flexibility index (Phi) is 24.5. The summed E-state index contributed by atoms with van der Waals surface area (Å²) < 4.78 is 19.9. The first kappa shape index (κ1) is 47.5. The number of aliphatic carboxylic acids is 4. The van der Waals surface area contributed by atoms with Crippen molar-refractivity contribution in [3.8, 4) is 23.0 Å². The van der Waals surface area contributed by atoms with Crippen LogP contribution in [0, 0.1) is 0 Å². The van der Waals surface area contributed by atoms with Crippen molar-refractivity contribution in [1.82, 2.24) is 0 Å². The molecule has 15 nitrogen and oxygen atoms in total. The molecule has 0 aliphatic carbocycles. The first-order valence-electron chi connectivity index (χ1n) is 16.4. The summed E-state index contributed by atoms with van der Waals surface area (Å²) in [6.07, 6.45) is 7.79. The van der Waals surface area contributed by atoms with Gasteiger partial charge < -0.3 is 44.5 Å². The van der Waals surface area contributed by atoms with Crippen molar-refractivity contribution in [3.63, 3.8) is 0 Å². The maximum Gasteiger partial charge on any atom is 0.341 e. The summed E-state index contributed by atoms with van der Waals surface area (Å²) in [6, 6.07) is 26.4. The van der Waals surface area contributed by atoms with E-state index in [1.807, 2.05) is 36.4 Å². The van der Waals surface area contributed by atoms with E-state index in [2.05, 4.69) is 15.9 Å². The van der Waals surface area contributed by atoms with Crippen LogP contribution in [0.25, 0.3) is 12.2 Å². The Morgan fingerprint density at radius 1 is 0.518 bits per heavy atom. The Morgan fingerprint density at radius 2 is 0.804 bits per heavy atom. The van der Waals surface area contributed by atoms with Crippen LogP contribution in [-0.2, 0) is 23.9 Å². The van der Waals surface area contributed by atoms with Gasteiger partial charge in [0, 0.05) is 24.3 Å². The molecule has 1 aliphatic rings. The van der Waals surface area contributed by atoms with Crippen LogP contribution in [0.3, 0.4) is 0 Å². The monoisotopic (exact) mass is 840 g/mol. The third-order valence-electron chi connectivity index (χ3n) is 6.30. The first-order valence-corrected chi connectivity index (χ1v) is 17.5. The van der Waals surface area contributed by atoms with E-state index in [1.54, 1.807) is 60.7 Å². The molecule has 1 fully saturated rings. The van der Waals surface area contributed by atoms with Crippen LogP contribution in [0.15, 0.2) is 97.1 Å². The second kappa shape index (κ2) is 28.9. The van der Waals surface area contributed by atoms with E-state index >= 15 is 0 Å². The third kappa shape index (κ3) is 24.7. The number of benzene rings is 4. The van der Waals surface area contributed by atoms with Crippen LogP contribution in [0.4, 0.5) is 0 Å². The molecule has 0 bridgehead atoms. The molecule has 1 saturated heterocycles. The second-order valence-electron chi connectivity index (χ2n) is 10.8. The summed E-state index contributed by atoms with van der Waals surface area (Å²) in [6.45, 7) is 0.886. The number of halogens is 1. The zero-order chi connectivity index (χ0) is 41.6. The zero-order valence-corrected chi connectivity index (χ0v) is 31.5. The summed E-state index contributed by atoms with van der Waals surface area (Å²) in [4.78, 5) is 60.6. The number of carbonyl (C=O) groups excluding carboxylic acids is 2. The number of carbonyl (C=O) groups is 6. The van der Waals surface area contributed by atoms with Crippen molar-refractivity contribution in [2.75, 3.05) is 38.4 Å². The minimum Gasteiger partial charge on any atom is -0.508 e. The van der Waals surface area contributed by atoms with E-state index in [1.165, 1.54) is 25.0 Å². The minimum absolute atomic E-state index is 0.0347. The van der Waals surface area contributed by atoms with Crippen molar-refractivity contribution >= 4 is 64.5 Å². The molecule has 1 heterocycles. The summed E-state index contributed by atoms with van der Waals surface area (Å²) in [5.74, 6) is -2.29. The number of phenolic OH excluding ortho intramolecular Hbond substituents is 1. The van der Waals surface area contributed by atoms with Crippen molar-refractivity contribution in [3.05, 3.63) is 119 Å². The fourth-order valence-electron chi connectivity index (χ4n) is 3.68. The lowest BCUT2D eigenvalue weighted by atomic mass is 10.1. The van der Waals surface area contributed by atoms with Crippen LogP contribution in [0.5, 0.6) is 23.0 Å². The van der Waals surface area contributed by atoms with Gasteiger partial charge in [0.15, 0.2) is 19.8 Å². The van der Waals surface area contributed by atoms with Gasteiger partial charge in [0.1, 0.15) is 40.9 Å². The SMILES string of the molecule is C1CCOC1.O=C(O)CBr.O=C(O)COc1ccc(/C=C/c2ccc(OCC(=O)O)cc2)cc1.O=Cc1ccc(O)cc1.O=Cc1ccc(OCC(=O)O)cc1. The lowest BCUT2D eigenvalue weighted by Gasteiger charge is -2.03. The van der Waals surface area contributed by atoms with E-state index in [4.69, 9.17) is 44.5 Å². The maximum absolute atomic E-state index is 10.4. The third-order valence-corrected chi connectivity index (χ3v) is 6.78. The molecule has 1 aliphatic heterocycles. The number of carboxylic acid groups (broad SMARTS) is 4. The number of phenols is 1. The molecule has 5 rings (SSSR count). The Balaban J connectivity index is 0.000000406. The standard InChI is InChI=1S/C18H16O6.C9H8O4.C7H6O2.C4H8O.C2H3BrO2/c19-17(20)11-23-15-7-3-13(4-8-15)1-2-14-5-9-16(10-6-14)24-12-18(21)22;10-5-7-1-3-8(4-2-7)13-6-9(11)12;8-5-6-1-3-7(9)4-2-6;1-2-4-5-3-1;3-1-2(4)5/h1-10H,11-12H2,(H,19,20)(H,21,22);1-5H,6H2,(H,11,12);1-5,9H;1-4H2;1H2,(H,4,5)/b2-1+;;;;. The molecule has 56 heavy (non-hydrogen) atoms. The van der Waals surface area contributed by atoms with Crippen LogP contribution >= 0.6 is 15.9 Å². The van der Waals surface area contributed by atoms with Gasteiger partial charge in [0.2, 0.25) is 0 Å². The lowest BCUT2D eigenvalue weighted by Crippen LogP contribution is -2.09. The molecule has 16 heteroatoms. The Morgan fingerprint density at radius 3 is 1.04 bits per heavy atom. The molecule has 0 amide bonds. The molecule has 0 aromatic heterocycles. The minimum atomic E-state index is -1.03. The Bertz CT molecular complexity index is 1710. The van der Waals surface area contributed by atoms with Gasteiger partial charge in [-0.25, -0.2) is 14.4 Å². The van der Waals surface area contributed by atoms with Gasteiger partial charge in [-0.2, -0.15) is 0 Å². The summed E-state index contributed by atoms with van der Waals surface area (Å²) in [5, 5.41) is 41.8. The molecule has 4 aromatic rings. The van der Waals surface area contributed by atoms with Gasteiger partial charge in [0.05, 0.1) is 0 Å². The zero-order valence-electron chi connectivity index (χ0n) is 29.9. The van der Waals surface area contributed by atoms with Crippen LogP contribution in [-0.4, -0.2) is 100 Å². The first-order chi connectivity index (χ1) is 26.8. The Labute approximate surface area is 330 Å². The predicted octanol–water partition coefficient (Wildman–Crippen LogP) is 6.21. The number of hydrogen-bond donors (Lipinski definition) is 5. The maximum atomic E-state index is 10.4. The molecule has 5 N–H and O–H groups in total. The molecular weight excluding hydrogens is 800 g/mol. The van der Waals surface area contributed by atoms with Gasteiger partial charge in [-0.1, -0.05) is 52.3 Å². The molecule has 0 spiro atoms. The number of carboxylic acids is 4. The summed E-state index contributed by atoms with van der Waals surface area (Å²) >= 11 is 2.71. The van der Waals surface area contributed by atoms with Crippen LogP contribution in [0.2, 0.25) is 0 Å². The quantitative estimate of drug-likeness (QED) is 0.0538. The molecule has 0 atom stereocenters. The van der Waals surface area contributed by atoms with Gasteiger partial charge in [-0.3, -0.25) is 14.4 Å². The van der Waals surface area contributed by atoms with E-state index in [9.17, 15) is 28.8 Å². The Hall–Kier alpha value is -6.52. The average molecular weight is 842 g/mol. The van der Waals surface area contributed by atoms with Crippen molar-refractivity contribution in [2.45, 2.75) is 12.8 Å². The number of rotatable bonds is 14. The predicted molar refractivity (Wildman–Crippen MR) is 208 cm³/mol. The number of aromatic hydroxyl groups is 1. The fraction of sp³-hybridized carbons (Fsp3) is 0.200. The molecule has 4 aromatic carbocycles. The van der Waals surface area contributed by atoms with Gasteiger partial charge in [0.25, 0.3) is 0 Å². The highest BCUT2D eigenvalue weighted by Gasteiger charge is 2.01. The topological polar surface area (TPSA) is 240 Å². The molecule has 0 saturated carbocycles. The molecule has 0 unspecified atom stereocenters. The fourth-order valence-corrected chi connectivity index (χ4v) is 3.68.